The van der Waals surface area contributed by atoms with Gasteiger partial charge in [0, 0.05) is 23.4 Å². The first kappa shape index (κ1) is 18.0. The molecular formula is C19H17F2N5O2. The van der Waals surface area contributed by atoms with Crippen LogP contribution in [-0.4, -0.2) is 31.8 Å². The lowest BCUT2D eigenvalue weighted by Gasteiger charge is -2.12. The Morgan fingerprint density at radius 1 is 1.25 bits per heavy atom. The van der Waals surface area contributed by atoms with Crippen molar-refractivity contribution in [3.8, 4) is 17.1 Å². The molecule has 0 spiro atoms. The number of nitrogens with two attached hydrogens (primary N) is 1. The molecule has 1 aliphatic carbocycles. The third-order valence-electron chi connectivity index (χ3n) is 4.47. The summed E-state index contributed by atoms with van der Waals surface area (Å²) in [7, 11) is 0. The van der Waals surface area contributed by atoms with E-state index in [0.717, 1.165) is 30.8 Å². The molecule has 0 saturated heterocycles. The highest BCUT2D eigenvalue weighted by molar-refractivity contribution is 5.92. The summed E-state index contributed by atoms with van der Waals surface area (Å²) in [6.45, 7) is 1.62. The summed E-state index contributed by atoms with van der Waals surface area (Å²) in [5, 5.41) is 4.11. The van der Waals surface area contributed by atoms with Gasteiger partial charge < -0.3 is 10.5 Å². The highest BCUT2D eigenvalue weighted by Gasteiger charge is 2.24. The maximum Gasteiger partial charge on any atom is 0.269 e. The summed E-state index contributed by atoms with van der Waals surface area (Å²) in [6, 6.07) is 3.26. The molecular weight excluding hydrogens is 368 g/mol. The summed E-state index contributed by atoms with van der Waals surface area (Å²) in [5.41, 5.74) is 7.05. The van der Waals surface area contributed by atoms with E-state index in [9.17, 15) is 13.6 Å². The molecule has 4 rings (SSSR count). The topological polar surface area (TPSA) is 95.9 Å². The van der Waals surface area contributed by atoms with E-state index in [1.807, 2.05) is 6.92 Å². The van der Waals surface area contributed by atoms with E-state index < -0.39 is 17.5 Å². The molecule has 3 aromatic rings. The van der Waals surface area contributed by atoms with Crippen LogP contribution >= 0.6 is 0 Å². The van der Waals surface area contributed by atoms with Crippen molar-refractivity contribution >= 4 is 5.91 Å². The number of primary amides is 1. The third-order valence-corrected chi connectivity index (χ3v) is 4.47. The standard InChI is InChI=1S/C19H17F2N5O2/c1-10-4-18(28-11-2-3-11)24-6-12(10)17-5-16(19(22)27)25-26(17)9-13-14(20)7-23-8-15(13)21/h4-8,11H,2-3,9H2,1H3,(H2,22,27). The first-order chi connectivity index (χ1) is 13.4. The summed E-state index contributed by atoms with van der Waals surface area (Å²) in [4.78, 5) is 19.4. The average Bonchev–Trinajstić information content (AvgIpc) is 3.35. The molecule has 2 N–H and O–H groups in total. The van der Waals surface area contributed by atoms with E-state index >= 15 is 0 Å². The number of amides is 1. The molecule has 28 heavy (non-hydrogen) atoms. The van der Waals surface area contributed by atoms with E-state index in [2.05, 4.69) is 15.1 Å². The van der Waals surface area contributed by atoms with Crippen molar-refractivity contribution in [1.82, 2.24) is 19.7 Å². The Kier molecular flexibility index (Phi) is 4.50. The highest BCUT2D eigenvalue weighted by atomic mass is 19.1. The zero-order valence-electron chi connectivity index (χ0n) is 15.0. The molecule has 3 aromatic heterocycles. The van der Waals surface area contributed by atoms with E-state index in [-0.39, 0.29) is 23.9 Å². The van der Waals surface area contributed by atoms with Crippen molar-refractivity contribution in [1.29, 1.82) is 0 Å². The van der Waals surface area contributed by atoms with Crippen LogP contribution in [0.25, 0.3) is 11.3 Å². The SMILES string of the molecule is Cc1cc(OC2CC2)ncc1-c1cc(C(N)=O)nn1Cc1c(F)cncc1F. The molecule has 0 radical (unpaired) electrons. The van der Waals surface area contributed by atoms with Gasteiger partial charge in [0.25, 0.3) is 5.91 Å². The van der Waals surface area contributed by atoms with Crippen molar-refractivity contribution in [2.24, 2.45) is 5.73 Å². The number of hydrogen-bond donors (Lipinski definition) is 1. The van der Waals surface area contributed by atoms with Gasteiger partial charge in [0.1, 0.15) is 17.7 Å². The number of pyridine rings is 2. The lowest BCUT2D eigenvalue weighted by atomic mass is 10.1. The Hall–Kier alpha value is -3.36. The Bertz CT molecular complexity index is 1040. The minimum atomic E-state index is -0.801. The maximum atomic E-state index is 14.0. The van der Waals surface area contributed by atoms with Crippen molar-refractivity contribution < 1.29 is 18.3 Å². The number of nitrogens with zero attached hydrogens (tertiary/aromatic N) is 4. The number of ether oxygens (including phenoxy) is 1. The van der Waals surface area contributed by atoms with E-state index in [4.69, 9.17) is 10.5 Å². The summed E-state index contributed by atoms with van der Waals surface area (Å²) in [6.07, 6.45) is 5.67. The summed E-state index contributed by atoms with van der Waals surface area (Å²) >= 11 is 0. The van der Waals surface area contributed by atoms with Crippen LogP contribution < -0.4 is 10.5 Å². The molecule has 0 bridgehead atoms. The number of hydrogen-bond acceptors (Lipinski definition) is 5. The van der Waals surface area contributed by atoms with Crippen molar-refractivity contribution in [2.45, 2.75) is 32.4 Å². The number of rotatable bonds is 6. The number of aryl methyl sites for hydroxylation is 1. The molecule has 1 saturated carbocycles. The Labute approximate surface area is 159 Å². The van der Waals surface area contributed by atoms with E-state index in [1.165, 1.54) is 10.7 Å². The van der Waals surface area contributed by atoms with Crippen LogP contribution in [0.5, 0.6) is 5.88 Å². The molecule has 144 valence electrons. The molecule has 1 amide bonds. The van der Waals surface area contributed by atoms with Gasteiger partial charge in [-0.05, 0) is 31.4 Å². The van der Waals surface area contributed by atoms with E-state index in [1.54, 1.807) is 12.3 Å². The monoisotopic (exact) mass is 385 g/mol. The fourth-order valence-corrected chi connectivity index (χ4v) is 2.83. The second kappa shape index (κ2) is 6.99. The molecule has 9 heteroatoms. The van der Waals surface area contributed by atoms with Crippen LogP contribution in [0, 0.1) is 18.6 Å². The molecule has 1 fully saturated rings. The smallest absolute Gasteiger partial charge is 0.269 e. The summed E-state index contributed by atoms with van der Waals surface area (Å²) < 4.78 is 35.1. The van der Waals surface area contributed by atoms with Gasteiger partial charge in [0.15, 0.2) is 5.69 Å². The van der Waals surface area contributed by atoms with Gasteiger partial charge in [0.05, 0.1) is 24.6 Å². The highest BCUT2D eigenvalue weighted by Crippen LogP contribution is 2.30. The molecule has 1 aliphatic rings. The number of carbonyl (C=O) groups is 1. The molecule has 3 heterocycles. The zero-order valence-corrected chi connectivity index (χ0v) is 15.0. The van der Waals surface area contributed by atoms with Crippen LogP contribution in [0.1, 0.15) is 34.5 Å². The number of halogens is 2. The molecule has 7 nitrogen and oxygen atoms in total. The quantitative estimate of drug-likeness (QED) is 0.704. The van der Waals surface area contributed by atoms with Crippen molar-refractivity contribution in [3.63, 3.8) is 0 Å². The minimum Gasteiger partial charge on any atom is -0.474 e. The Morgan fingerprint density at radius 2 is 1.96 bits per heavy atom. The second-order valence-corrected chi connectivity index (χ2v) is 6.67. The predicted octanol–water partition coefficient (Wildman–Crippen LogP) is 2.62. The van der Waals surface area contributed by atoms with Crippen LogP contribution in [0.15, 0.2) is 30.7 Å². The second-order valence-electron chi connectivity index (χ2n) is 6.67. The van der Waals surface area contributed by atoms with Crippen molar-refractivity contribution in [3.05, 3.63) is 59.2 Å². The van der Waals surface area contributed by atoms with Gasteiger partial charge in [-0.25, -0.2) is 13.8 Å². The maximum absolute atomic E-state index is 14.0. The van der Waals surface area contributed by atoms with Crippen LogP contribution in [0.4, 0.5) is 8.78 Å². The lowest BCUT2D eigenvalue weighted by molar-refractivity contribution is 0.0995. The first-order valence-corrected chi connectivity index (χ1v) is 8.71. The number of carbonyl (C=O) groups excluding carboxylic acids is 1. The van der Waals surface area contributed by atoms with Crippen LogP contribution in [0.2, 0.25) is 0 Å². The largest absolute Gasteiger partial charge is 0.474 e. The van der Waals surface area contributed by atoms with E-state index in [0.29, 0.717) is 17.1 Å². The molecule has 0 unspecified atom stereocenters. The zero-order chi connectivity index (χ0) is 19.8. The average molecular weight is 385 g/mol. The van der Waals surface area contributed by atoms with Crippen LogP contribution in [0.3, 0.4) is 0 Å². The molecule has 0 atom stereocenters. The van der Waals surface area contributed by atoms with Crippen molar-refractivity contribution in [2.75, 3.05) is 0 Å². The van der Waals surface area contributed by atoms with Gasteiger partial charge in [-0.3, -0.25) is 14.5 Å². The van der Waals surface area contributed by atoms with Gasteiger partial charge in [-0.2, -0.15) is 5.10 Å². The van der Waals surface area contributed by atoms with Gasteiger partial charge in [0.2, 0.25) is 5.88 Å². The third kappa shape index (κ3) is 3.55. The van der Waals surface area contributed by atoms with Gasteiger partial charge in [-0.1, -0.05) is 0 Å². The van der Waals surface area contributed by atoms with Gasteiger partial charge in [-0.15, -0.1) is 0 Å². The summed E-state index contributed by atoms with van der Waals surface area (Å²) in [5.74, 6) is -1.83. The Morgan fingerprint density at radius 3 is 2.57 bits per heavy atom. The predicted molar refractivity (Wildman–Crippen MR) is 95.6 cm³/mol. The van der Waals surface area contributed by atoms with Crippen LogP contribution in [-0.2, 0) is 6.54 Å². The fourth-order valence-electron chi connectivity index (χ4n) is 2.83. The normalized spacial score (nSPS) is 13.5. The first-order valence-electron chi connectivity index (χ1n) is 8.71. The minimum absolute atomic E-state index is 0.0115. The molecule has 0 aliphatic heterocycles. The Balaban J connectivity index is 1.75. The van der Waals surface area contributed by atoms with Gasteiger partial charge >= 0.3 is 0 Å². The molecule has 0 aromatic carbocycles. The fraction of sp³-hybridized carbons (Fsp3) is 0.263. The lowest BCUT2D eigenvalue weighted by Crippen LogP contribution is -2.13. The number of aromatic nitrogens is 4.